The average Bonchev–Trinajstić information content (AvgIpc) is 2.13. The van der Waals surface area contributed by atoms with Gasteiger partial charge in [0.15, 0.2) is 11.6 Å². The van der Waals surface area contributed by atoms with E-state index in [-0.39, 0.29) is 11.6 Å². The predicted octanol–water partition coefficient (Wildman–Crippen LogP) is -1.39. The Bertz CT molecular complexity index is 258. The highest BCUT2D eigenvalue weighted by atomic mass is 31.2. The van der Waals surface area contributed by atoms with Crippen LogP contribution in [0.1, 0.15) is 13.8 Å². The van der Waals surface area contributed by atoms with E-state index in [0.29, 0.717) is 0 Å². The Kier molecular flexibility index (Phi) is 9.45. The van der Waals surface area contributed by atoms with Crippen LogP contribution in [0.3, 0.4) is 0 Å². The molecule has 96 valence electrons. The Morgan fingerprint density at radius 3 is 1.81 bits per heavy atom. The second-order valence-corrected chi connectivity index (χ2v) is 3.97. The third-order valence-electron chi connectivity index (χ3n) is 1.14. The van der Waals surface area contributed by atoms with Crippen molar-refractivity contribution < 1.29 is 38.7 Å². The molecule has 0 aromatic heterocycles. The largest absolute Gasteiger partial charge is 0.469 e. The van der Waals surface area contributed by atoms with Crippen LogP contribution in [-0.4, -0.2) is 50.9 Å². The Morgan fingerprint density at radius 1 is 1.25 bits per heavy atom. The molecule has 0 fully saturated rings. The lowest BCUT2D eigenvalue weighted by Gasteiger charge is -2.07. The molecule has 0 bridgehead atoms. The highest BCUT2D eigenvalue weighted by molar-refractivity contribution is 7.46. The van der Waals surface area contributed by atoms with E-state index < -0.39 is 27.1 Å². The van der Waals surface area contributed by atoms with Gasteiger partial charge in [0.1, 0.15) is 6.10 Å². The Balaban J connectivity index is 0. The lowest BCUT2D eigenvalue weighted by molar-refractivity contribution is -0.134. The van der Waals surface area contributed by atoms with E-state index in [0.717, 1.165) is 0 Å². The summed E-state index contributed by atoms with van der Waals surface area (Å²) in [5.41, 5.74) is 0. The van der Waals surface area contributed by atoms with Crippen LogP contribution in [0, 0.1) is 0 Å². The maximum absolute atomic E-state index is 9.93. The second kappa shape index (κ2) is 8.51. The van der Waals surface area contributed by atoms with Crippen LogP contribution in [-0.2, 0) is 18.7 Å². The van der Waals surface area contributed by atoms with Crippen molar-refractivity contribution in [3.63, 3.8) is 0 Å². The highest BCUT2D eigenvalue weighted by Crippen LogP contribution is 2.35. The van der Waals surface area contributed by atoms with E-state index in [4.69, 9.17) is 20.0 Å². The van der Waals surface area contributed by atoms with Crippen LogP contribution in [0.25, 0.3) is 0 Å². The van der Waals surface area contributed by atoms with Crippen LogP contribution in [0.4, 0.5) is 0 Å². The first-order chi connectivity index (χ1) is 7.10. The third kappa shape index (κ3) is 15.8. The predicted molar refractivity (Wildman–Crippen MR) is 52.5 cm³/mol. The number of ketones is 2. The zero-order valence-electron chi connectivity index (χ0n) is 8.86. The summed E-state index contributed by atoms with van der Waals surface area (Å²) in [5.74, 6) is -0.759. The minimum atomic E-state index is -4.50. The number of phosphoric ester groups is 1. The molecule has 0 aliphatic rings. The van der Waals surface area contributed by atoms with Gasteiger partial charge in [-0.15, -0.1) is 0 Å². The van der Waals surface area contributed by atoms with E-state index in [1.165, 1.54) is 13.8 Å². The first-order valence-corrected chi connectivity index (χ1v) is 5.63. The van der Waals surface area contributed by atoms with Gasteiger partial charge in [-0.1, -0.05) is 0 Å². The minimum Gasteiger partial charge on any atom is -0.394 e. The molecule has 0 aliphatic heterocycles. The molecule has 0 saturated carbocycles. The molecule has 8 nitrogen and oxygen atoms in total. The minimum absolute atomic E-state index is 0.380. The first kappa shape index (κ1) is 17.8. The molecule has 9 heteroatoms. The fraction of sp³-hybridized carbons (Fsp3) is 0.714. The van der Waals surface area contributed by atoms with Gasteiger partial charge >= 0.3 is 7.82 Å². The van der Waals surface area contributed by atoms with Gasteiger partial charge in [-0.05, 0) is 0 Å². The van der Waals surface area contributed by atoms with E-state index >= 15 is 0 Å². The second-order valence-electron chi connectivity index (χ2n) is 2.74. The lowest BCUT2D eigenvalue weighted by atomic mass is 10.3. The van der Waals surface area contributed by atoms with Crippen molar-refractivity contribution in [1.82, 2.24) is 0 Å². The first-order valence-electron chi connectivity index (χ1n) is 4.10. The van der Waals surface area contributed by atoms with E-state index in [9.17, 15) is 14.2 Å². The van der Waals surface area contributed by atoms with Gasteiger partial charge < -0.3 is 20.0 Å². The van der Waals surface area contributed by atoms with Gasteiger partial charge in [0.25, 0.3) is 0 Å². The summed E-state index contributed by atoms with van der Waals surface area (Å²) in [7, 11) is -4.50. The summed E-state index contributed by atoms with van der Waals surface area (Å²) in [4.78, 5) is 35.7. The summed E-state index contributed by atoms with van der Waals surface area (Å²) < 4.78 is 13.8. The topological polar surface area (TPSA) is 141 Å². The average molecular weight is 258 g/mol. The SMILES string of the molecule is CC(=O)C(C)=O.O=P(O)(O)OCC(O)CO. The van der Waals surface area contributed by atoms with Gasteiger partial charge in [0.05, 0.1) is 13.2 Å². The molecule has 0 amide bonds. The molecule has 1 atom stereocenters. The summed E-state index contributed by atoms with van der Waals surface area (Å²) in [6, 6.07) is 0. The number of hydrogen-bond acceptors (Lipinski definition) is 6. The van der Waals surface area contributed by atoms with E-state index in [1.807, 2.05) is 0 Å². The number of aliphatic hydroxyl groups is 2. The van der Waals surface area contributed by atoms with Crippen molar-refractivity contribution in [1.29, 1.82) is 0 Å². The van der Waals surface area contributed by atoms with Crippen molar-refractivity contribution in [2.45, 2.75) is 20.0 Å². The maximum atomic E-state index is 9.93. The van der Waals surface area contributed by atoms with Gasteiger partial charge in [-0.3, -0.25) is 14.1 Å². The molecule has 16 heavy (non-hydrogen) atoms. The smallest absolute Gasteiger partial charge is 0.394 e. The number of carbonyl (C=O) groups excluding carboxylic acids is 2. The van der Waals surface area contributed by atoms with Gasteiger partial charge in [-0.25, -0.2) is 4.57 Å². The highest BCUT2D eigenvalue weighted by Gasteiger charge is 2.15. The number of hydrogen-bond donors (Lipinski definition) is 4. The molecule has 0 rings (SSSR count). The standard InChI is InChI=1S/C4H6O2.C3H9O6P/c1-3(5)4(2)6;4-1-3(5)2-9-10(6,7)8/h1-2H3;3-5H,1-2H2,(H2,6,7,8). The van der Waals surface area contributed by atoms with Crippen LogP contribution < -0.4 is 0 Å². The normalized spacial score (nSPS) is 12.4. The van der Waals surface area contributed by atoms with Crippen LogP contribution in [0.2, 0.25) is 0 Å². The molecule has 0 aliphatic carbocycles. The number of Topliss-reactive ketones (excluding diaryl/α,β-unsaturated/α-hetero) is 2. The van der Waals surface area contributed by atoms with Crippen LogP contribution in [0.15, 0.2) is 0 Å². The number of aliphatic hydroxyl groups excluding tert-OH is 2. The molecular formula is C7H15O8P. The fourth-order valence-electron chi connectivity index (χ4n) is 0.236. The summed E-state index contributed by atoms with van der Waals surface area (Å²) in [6.07, 6.45) is -1.24. The molecule has 0 heterocycles. The summed E-state index contributed by atoms with van der Waals surface area (Å²) >= 11 is 0. The molecule has 0 aromatic carbocycles. The molecule has 0 radical (unpaired) electrons. The van der Waals surface area contributed by atoms with Crippen molar-refractivity contribution in [2.75, 3.05) is 13.2 Å². The molecule has 0 aromatic rings. The van der Waals surface area contributed by atoms with Crippen LogP contribution >= 0.6 is 7.82 Å². The Labute approximate surface area is 92.1 Å². The van der Waals surface area contributed by atoms with Gasteiger partial charge in [-0.2, -0.15) is 0 Å². The Morgan fingerprint density at radius 2 is 1.62 bits per heavy atom. The molecule has 0 spiro atoms. The third-order valence-corrected chi connectivity index (χ3v) is 1.63. The molecule has 4 N–H and O–H groups in total. The number of phosphoric acid groups is 1. The molecule has 1 unspecified atom stereocenters. The monoisotopic (exact) mass is 258 g/mol. The van der Waals surface area contributed by atoms with Crippen LogP contribution in [0.5, 0.6) is 0 Å². The molecule has 0 saturated heterocycles. The van der Waals surface area contributed by atoms with Crippen molar-refractivity contribution in [3.8, 4) is 0 Å². The summed E-state index contributed by atoms with van der Waals surface area (Å²) in [6.45, 7) is 1.35. The van der Waals surface area contributed by atoms with E-state index in [1.54, 1.807) is 0 Å². The fourth-order valence-corrected chi connectivity index (χ4v) is 0.602. The maximum Gasteiger partial charge on any atom is 0.469 e. The van der Waals surface area contributed by atoms with Crippen molar-refractivity contribution >= 4 is 19.4 Å². The van der Waals surface area contributed by atoms with E-state index in [2.05, 4.69) is 4.52 Å². The van der Waals surface area contributed by atoms with Crippen molar-refractivity contribution in [2.24, 2.45) is 0 Å². The van der Waals surface area contributed by atoms with Gasteiger partial charge in [0, 0.05) is 13.8 Å². The number of carbonyl (C=O) groups is 2. The van der Waals surface area contributed by atoms with Gasteiger partial charge in [0.2, 0.25) is 0 Å². The lowest BCUT2D eigenvalue weighted by Crippen LogP contribution is -2.18. The zero-order chi connectivity index (χ0) is 13.4. The quantitative estimate of drug-likeness (QED) is 0.349. The zero-order valence-corrected chi connectivity index (χ0v) is 9.76. The summed E-state index contributed by atoms with van der Waals surface area (Å²) in [5, 5.41) is 16.7. The Hall–Kier alpha value is -0.630. The van der Waals surface area contributed by atoms with Crippen molar-refractivity contribution in [3.05, 3.63) is 0 Å². The number of rotatable bonds is 5. The molecular weight excluding hydrogens is 243 g/mol.